The van der Waals surface area contributed by atoms with E-state index in [0.717, 1.165) is 43.4 Å². The van der Waals surface area contributed by atoms with Gasteiger partial charge in [0, 0.05) is 78.6 Å². The molecule has 12 heteroatoms. The Morgan fingerprint density at radius 1 is 0.919 bits per heavy atom. The number of carbonyl (C=O) groups excluding carboxylic acids is 2. The average Bonchev–Trinajstić information content (AvgIpc) is 3.44. The summed E-state index contributed by atoms with van der Waals surface area (Å²) in [6.07, 6.45) is 1.68. The molecule has 2 fully saturated rings. The summed E-state index contributed by atoms with van der Waals surface area (Å²) < 4.78 is 0. The highest BCUT2D eigenvalue weighted by Gasteiger charge is 2.22. The molecule has 12 nitrogen and oxygen atoms in total. The van der Waals surface area contributed by atoms with Crippen molar-refractivity contribution in [3.05, 3.63) is 42.4 Å². The molecule has 0 spiro atoms. The number of piperazine rings is 2. The summed E-state index contributed by atoms with van der Waals surface area (Å²) in [7, 11) is 1.76. The summed E-state index contributed by atoms with van der Waals surface area (Å²) in [6.45, 7) is 7.82. The smallest absolute Gasteiger partial charge is 0.291 e. The molecule has 2 amide bonds. The van der Waals surface area contributed by atoms with Crippen LogP contribution in [-0.2, 0) is 4.79 Å². The van der Waals surface area contributed by atoms with E-state index >= 15 is 0 Å². The van der Waals surface area contributed by atoms with E-state index in [1.807, 2.05) is 35.2 Å². The number of rotatable bonds is 6. The van der Waals surface area contributed by atoms with Crippen molar-refractivity contribution >= 4 is 35.0 Å². The van der Waals surface area contributed by atoms with Crippen molar-refractivity contribution in [2.75, 3.05) is 79.8 Å². The third kappa shape index (κ3) is 5.48. The zero-order chi connectivity index (χ0) is 25.8. The molecule has 0 unspecified atom stereocenters. The topological polar surface area (TPSA) is 134 Å². The molecule has 4 N–H and O–H groups in total. The number of nitrogens with zero attached hydrogens (tertiary/aromatic N) is 6. The fourth-order valence-corrected chi connectivity index (χ4v) is 4.60. The van der Waals surface area contributed by atoms with Crippen LogP contribution >= 0.6 is 0 Å². The molecule has 2 aliphatic rings. The number of hydrogen-bond acceptors (Lipinski definition) is 9. The third-order valence-corrected chi connectivity index (χ3v) is 6.65. The molecule has 5 rings (SSSR count). The van der Waals surface area contributed by atoms with Crippen LogP contribution in [-0.4, -0.2) is 96.1 Å². The molecule has 0 radical (unpaired) electrons. The number of para-hydroxylation sites is 2. The summed E-state index contributed by atoms with van der Waals surface area (Å²) in [4.78, 5) is 47.7. The van der Waals surface area contributed by atoms with Crippen LogP contribution in [0.4, 0.5) is 23.1 Å². The van der Waals surface area contributed by atoms with Gasteiger partial charge in [-0.15, -0.1) is 0 Å². The number of imidazole rings is 1. The first-order valence-electron chi connectivity index (χ1n) is 12.5. The molecule has 0 bridgehead atoms. The number of carbonyl (C=O) groups is 2. The lowest BCUT2D eigenvalue weighted by Gasteiger charge is -2.35. The van der Waals surface area contributed by atoms with Crippen molar-refractivity contribution in [3.63, 3.8) is 0 Å². The molecule has 37 heavy (non-hydrogen) atoms. The number of aromatic amines is 1. The zero-order valence-corrected chi connectivity index (χ0v) is 21.1. The lowest BCUT2D eigenvalue weighted by molar-refractivity contribution is -0.129. The molecule has 2 aliphatic heterocycles. The first kappa shape index (κ1) is 24.5. The fourth-order valence-electron chi connectivity index (χ4n) is 4.60. The van der Waals surface area contributed by atoms with Gasteiger partial charge in [-0.05, 0) is 12.1 Å². The Balaban J connectivity index is 1.33. The summed E-state index contributed by atoms with van der Waals surface area (Å²) in [5, 5.41) is 9.36. The molecule has 0 saturated carbocycles. The monoisotopic (exact) mass is 504 g/mol. The SMILES string of the molecule is CNc1nc(-c2c[nH]c(C(=O)Nc3ccccc3N3CCNCC3)n2)cc(N2CCN(C(C)=O)CC2)n1. The van der Waals surface area contributed by atoms with Crippen LogP contribution in [0.5, 0.6) is 0 Å². The van der Waals surface area contributed by atoms with Crippen LogP contribution in [0.25, 0.3) is 11.4 Å². The lowest BCUT2D eigenvalue weighted by Crippen LogP contribution is -2.48. The van der Waals surface area contributed by atoms with Crippen molar-refractivity contribution in [1.29, 1.82) is 0 Å². The average molecular weight is 505 g/mol. The van der Waals surface area contributed by atoms with Crippen LogP contribution in [0.3, 0.4) is 0 Å². The number of hydrogen-bond donors (Lipinski definition) is 4. The Morgan fingerprint density at radius 3 is 2.41 bits per heavy atom. The van der Waals surface area contributed by atoms with Crippen LogP contribution in [0.15, 0.2) is 36.5 Å². The molecule has 3 aromatic rings. The quantitative estimate of drug-likeness (QED) is 0.391. The van der Waals surface area contributed by atoms with Gasteiger partial charge in [-0.1, -0.05) is 12.1 Å². The van der Waals surface area contributed by atoms with Crippen molar-refractivity contribution in [2.45, 2.75) is 6.92 Å². The van der Waals surface area contributed by atoms with Gasteiger partial charge in [-0.2, -0.15) is 4.98 Å². The number of anilines is 4. The molecule has 1 aromatic carbocycles. The number of aromatic nitrogens is 4. The summed E-state index contributed by atoms with van der Waals surface area (Å²) in [5.41, 5.74) is 2.88. The van der Waals surface area contributed by atoms with E-state index < -0.39 is 0 Å². The number of nitrogens with one attached hydrogen (secondary N) is 4. The Bertz CT molecular complexity index is 1260. The fraction of sp³-hybridized carbons (Fsp3) is 0.400. The third-order valence-electron chi connectivity index (χ3n) is 6.65. The standard InChI is InChI=1S/C25H32N10O2/c1-17(36)33-11-13-35(14-12-33)22-15-19(31-25(26-2)32-22)20-16-28-23(29-20)24(37)30-18-5-3-4-6-21(18)34-9-7-27-8-10-34/h3-6,15-16,27H,7-14H2,1-2H3,(H,28,29)(H,30,37)(H,26,31,32). The van der Waals surface area contributed by atoms with Crippen LogP contribution < -0.4 is 25.8 Å². The maximum absolute atomic E-state index is 13.1. The van der Waals surface area contributed by atoms with Crippen molar-refractivity contribution in [3.8, 4) is 11.4 Å². The van der Waals surface area contributed by atoms with Gasteiger partial charge in [0.15, 0.2) is 5.82 Å². The van der Waals surface area contributed by atoms with E-state index in [-0.39, 0.29) is 17.6 Å². The Kier molecular flexibility index (Phi) is 7.17. The van der Waals surface area contributed by atoms with E-state index in [9.17, 15) is 9.59 Å². The summed E-state index contributed by atoms with van der Waals surface area (Å²) in [5.74, 6) is 1.16. The zero-order valence-electron chi connectivity index (χ0n) is 21.1. The molecular formula is C25H32N10O2. The number of benzene rings is 1. The summed E-state index contributed by atoms with van der Waals surface area (Å²) >= 11 is 0. The van der Waals surface area contributed by atoms with E-state index in [1.165, 1.54) is 0 Å². The molecule has 2 saturated heterocycles. The normalized spacial score (nSPS) is 16.0. The Morgan fingerprint density at radius 2 is 1.68 bits per heavy atom. The minimum absolute atomic E-state index is 0.0804. The summed E-state index contributed by atoms with van der Waals surface area (Å²) in [6, 6.07) is 9.67. The molecule has 0 aliphatic carbocycles. The largest absolute Gasteiger partial charge is 0.367 e. The van der Waals surface area contributed by atoms with Gasteiger partial charge in [-0.25, -0.2) is 9.97 Å². The van der Waals surface area contributed by atoms with Gasteiger partial charge < -0.3 is 35.6 Å². The van der Waals surface area contributed by atoms with E-state index in [1.54, 1.807) is 20.2 Å². The maximum Gasteiger partial charge on any atom is 0.291 e. The van der Waals surface area contributed by atoms with E-state index in [0.29, 0.717) is 43.5 Å². The number of H-pyrrole nitrogens is 1. The molecule has 4 heterocycles. The highest BCUT2D eigenvalue weighted by atomic mass is 16.2. The second-order valence-electron chi connectivity index (χ2n) is 9.02. The molecule has 2 aromatic heterocycles. The van der Waals surface area contributed by atoms with Crippen molar-refractivity contribution in [1.82, 2.24) is 30.2 Å². The van der Waals surface area contributed by atoms with Crippen LogP contribution in [0, 0.1) is 0 Å². The molecule has 0 atom stereocenters. The molecule has 194 valence electrons. The second kappa shape index (κ2) is 10.8. The van der Waals surface area contributed by atoms with Gasteiger partial charge >= 0.3 is 0 Å². The van der Waals surface area contributed by atoms with E-state index in [2.05, 4.69) is 45.7 Å². The van der Waals surface area contributed by atoms with Gasteiger partial charge in [0.1, 0.15) is 11.5 Å². The minimum Gasteiger partial charge on any atom is -0.367 e. The first-order valence-corrected chi connectivity index (χ1v) is 12.5. The van der Waals surface area contributed by atoms with Crippen molar-refractivity contribution in [2.24, 2.45) is 0 Å². The van der Waals surface area contributed by atoms with Crippen LogP contribution in [0.1, 0.15) is 17.5 Å². The predicted molar refractivity (Wildman–Crippen MR) is 143 cm³/mol. The highest BCUT2D eigenvalue weighted by Crippen LogP contribution is 2.27. The predicted octanol–water partition coefficient (Wildman–Crippen LogP) is 1.24. The maximum atomic E-state index is 13.1. The minimum atomic E-state index is -0.322. The Hall–Kier alpha value is -4.19. The van der Waals surface area contributed by atoms with Gasteiger partial charge in [0.05, 0.1) is 17.1 Å². The van der Waals surface area contributed by atoms with Crippen molar-refractivity contribution < 1.29 is 9.59 Å². The van der Waals surface area contributed by atoms with Gasteiger partial charge in [-0.3, -0.25) is 9.59 Å². The Labute approximate surface area is 215 Å². The van der Waals surface area contributed by atoms with E-state index in [4.69, 9.17) is 0 Å². The highest BCUT2D eigenvalue weighted by molar-refractivity contribution is 6.04. The van der Waals surface area contributed by atoms with Crippen LogP contribution in [0.2, 0.25) is 0 Å². The second-order valence-corrected chi connectivity index (χ2v) is 9.02. The van der Waals surface area contributed by atoms with Gasteiger partial charge in [0.2, 0.25) is 11.9 Å². The first-order chi connectivity index (χ1) is 18.0. The lowest BCUT2D eigenvalue weighted by atomic mass is 10.2. The molecular weight excluding hydrogens is 472 g/mol. The number of amides is 2. The van der Waals surface area contributed by atoms with Gasteiger partial charge in [0.25, 0.3) is 5.91 Å².